The van der Waals surface area contributed by atoms with Gasteiger partial charge in [-0.1, -0.05) is 18.5 Å². The number of carbonyl (C=O) groups excluding carboxylic acids is 1. The molecule has 10 nitrogen and oxygen atoms in total. The van der Waals surface area contributed by atoms with Crippen LogP contribution in [-0.4, -0.2) is 44.3 Å². The molecule has 0 spiro atoms. The van der Waals surface area contributed by atoms with Crippen molar-refractivity contribution in [3.05, 3.63) is 62.3 Å². The number of amidine groups is 1. The Kier molecular flexibility index (Phi) is 7.79. The van der Waals surface area contributed by atoms with Crippen molar-refractivity contribution in [2.45, 2.75) is 20.8 Å². The van der Waals surface area contributed by atoms with Crippen molar-refractivity contribution in [2.75, 3.05) is 23.8 Å². The van der Waals surface area contributed by atoms with Crippen LogP contribution in [0.3, 0.4) is 0 Å². The summed E-state index contributed by atoms with van der Waals surface area (Å²) in [6.07, 6.45) is 1.56. The lowest BCUT2D eigenvalue weighted by atomic mass is 10.1. The molecule has 33 heavy (non-hydrogen) atoms. The number of aliphatic imine (C=N–C) groups is 1. The molecule has 0 saturated heterocycles. The van der Waals surface area contributed by atoms with Gasteiger partial charge < -0.3 is 21.5 Å². The van der Waals surface area contributed by atoms with E-state index >= 15 is 0 Å². The monoisotopic (exact) mass is 489 g/mol. The summed E-state index contributed by atoms with van der Waals surface area (Å²) in [5.41, 5.74) is 7.71. The highest BCUT2D eigenvalue weighted by Crippen LogP contribution is 2.26. The first-order valence-corrected chi connectivity index (χ1v) is 11.2. The first-order chi connectivity index (χ1) is 15.7. The summed E-state index contributed by atoms with van der Waals surface area (Å²) >= 11 is 7.23. The van der Waals surface area contributed by atoms with E-state index in [1.807, 2.05) is 6.92 Å². The number of aromatic nitrogens is 3. The van der Waals surface area contributed by atoms with Crippen molar-refractivity contribution >= 4 is 51.4 Å². The Hall–Kier alpha value is -3.28. The number of aliphatic hydroxyl groups excluding tert-OH is 1. The number of rotatable bonds is 8. The summed E-state index contributed by atoms with van der Waals surface area (Å²) in [6.45, 7) is 5.53. The number of amides is 1. The normalized spacial score (nSPS) is 12.5. The average molecular weight is 490 g/mol. The fourth-order valence-electron chi connectivity index (χ4n) is 2.87. The van der Waals surface area contributed by atoms with Crippen LogP contribution in [0.25, 0.3) is 0 Å². The van der Waals surface area contributed by atoms with Gasteiger partial charge in [0.15, 0.2) is 0 Å². The zero-order valence-electron chi connectivity index (χ0n) is 18.3. The molecule has 3 rings (SSSR count). The first-order valence-electron chi connectivity index (χ1n) is 10.0. The molecule has 3 aromatic heterocycles. The molecule has 0 aliphatic heterocycles. The van der Waals surface area contributed by atoms with E-state index in [-0.39, 0.29) is 35.4 Å². The van der Waals surface area contributed by atoms with Crippen LogP contribution in [0, 0.1) is 19.8 Å². The van der Waals surface area contributed by atoms with Crippen LogP contribution in [0.5, 0.6) is 0 Å². The molecule has 0 aromatic carbocycles. The number of aliphatic hydroxyl groups is 1. The third-order valence-electron chi connectivity index (χ3n) is 4.74. The van der Waals surface area contributed by atoms with E-state index < -0.39 is 0 Å². The number of anilines is 3. The number of carbonyl (C=O) groups is 1. The number of pyridine rings is 2. The fraction of sp³-hybridized carbons (Fsp3) is 0.286. The van der Waals surface area contributed by atoms with Gasteiger partial charge in [0.1, 0.15) is 22.2 Å². The minimum absolute atomic E-state index is 0.0302. The average Bonchev–Trinajstić information content (AvgIpc) is 3.14. The molecule has 1 atom stereocenters. The zero-order chi connectivity index (χ0) is 24.1. The number of nitrogens with one attached hydrogen (secondary N) is 3. The van der Waals surface area contributed by atoms with Crippen LogP contribution in [0.4, 0.5) is 16.5 Å². The van der Waals surface area contributed by atoms with Gasteiger partial charge in [-0.3, -0.25) is 23.9 Å². The Labute approximate surface area is 199 Å². The number of nitrogens with zero attached hydrogens (tertiary/aromatic N) is 3. The van der Waals surface area contributed by atoms with Gasteiger partial charge in [0.25, 0.3) is 11.5 Å². The minimum atomic E-state index is -0.378. The molecule has 0 fully saturated rings. The maximum absolute atomic E-state index is 12.8. The molecule has 0 radical (unpaired) electrons. The maximum Gasteiger partial charge on any atom is 0.271 e. The number of hydrogen-bond acceptors (Lipinski definition) is 8. The van der Waals surface area contributed by atoms with Crippen molar-refractivity contribution in [1.29, 1.82) is 0 Å². The standard InChI is InChI=1S/C21H24ClN7O3S/c1-10(9-30)8-25-18(23)16-20(32)29-33-21(16)27-15-5-4-13(11(2)26-15)19(31)28-17-12(3)24-7-6-14(17)22/h4-7,10,30H,8-9H2,1-3H3,(H2,23,25)(H,26,27)(H,28,31)(H,29,32). The summed E-state index contributed by atoms with van der Waals surface area (Å²) in [5, 5.41) is 15.8. The highest BCUT2D eigenvalue weighted by atomic mass is 35.5. The van der Waals surface area contributed by atoms with E-state index in [1.54, 1.807) is 38.2 Å². The topological polar surface area (TPSA) is 158 Å². The molecule has 3 aromatic rings. The Morgan fingerprint density at radius 3 is 2.76 bits per heavy atom. The highest BCUT2D eigenvalue weighted by Gasteiger charge is 2.18. The predicted octanol–water partition coefficient (Wildman–Crippen LogP) is 2.83. The second-order valence-corrected chi connectivity index (χ2v) is 8.64. The van der Waals surface area contributed by atoms with Crippen LogP contribution in [0.2, 0.25) is 5.02 Å². The summed E-state index contributed by atoms with van der Waals surface area (Å²) in [6, 6.07) is 4.84. The van der Waals surface area contributed by atoms with Crippen LogP contribution in [-0.2, 0) is 0 Å². The molecule has 3 heterocycles. The van der Waals surface area contributed by atoms with Gasteiger partial charge in [-0.25, -0.2) is 4.98 Å². The van der Waals surface area contributed by atoms with Crippen molar-refractivity contribution in [3.8, 4) is 0 Å². The molecular formula is C21H24ClN7O3S. The number of hydrogen-bond donors (Lipinski definition) is 5. The van der Waals surface area contributed by atoms with Crippen LogP contribution >= 0.6 is 23.1 Å². The zero-order valence-corrected chi connectivity index (χ0v) is 19.8. The summed E-state index contributed by atoms with van der Waals surface area (Å²) in [7, 11) is 0. The van der Waals surface area contributed by atoms with Crippen LogP contribution in [0.1, 0.15) is 34.2 Å². The summed E-state index contributed by atoms with van der Waals surface area (Å²) in [5.74, 6) is 0.0429. The van der Waals surface area contributed by atoms with Crippen molar-refractivity contribution < 1.29 is 9.90 Å². The van der Waals surface area contributed by atoms with Gasteiger partial charge in [-0.2, -0.15) is 0 Å². The Balaban J connectivity index is 1.80. The third-order valence-corrected chi connectivity index (χ3v) is 5.85. The molecule has 1 unspecified atom stereocenters. The Morgan fingerprint density at radius 1 is 1.33 bits per heavy atom. The lowest BCUT2D eigenvalue weighted by molar-refractivity contribution is 0.102. The first kappa shape index (κ1) is 24.4. The molecule has 0 bridgehead atoms. The smallest absolute Gasteiger partial charge is 0.271 e. The van der Waals surface area contributed by atoms with Gasteiger partial charge in [0.2, 0.25) is 0 Å². The van der Waals surface area contributed by atoms with Crippen molar-refractivity contribution in [3.63, 3.8) is 0 Å². The Bertz CT molecular complexity index is 1230. The van der Waals surface area contributed by atoms with E-state index in [1.165, 1.54) is 0 Å². The van der Waals surface area contributed by atoms with E-state index in [2.05, 4.69) is 30.0 Å². The molecule has 6 N–H and O–H groups in total. The van der Waals surface area contributed by atoms with Gasteiger partial charge in [-0.05, 0) is 49.5 Å². The maximum atomic E-state index is 12.8. The quantitative estimate of drug-likeness (QED) is 0.240. The van der Waals surface area contributed by atoms with E-state index in [0.29, 0.717) is 45.0 Å². The van der Waals surface area contributed by atoms with Crippen molar-refractivity contribution in [1.82, 2.24) is 14.3 Å². The number of nitrogens with two attached hydrogens (primary N) is 1. The van der Waals surface area contributed by atoms with Gasteiger partial charge in [-0.15, -0.1) is 0 Å². The van der Waals surface area contributed by atoms with E-state index in [0.717, 1.165) is 11.5 Å². The number of H-pyrrole nitrogens is 1. The number of halogens is 1. The summed E-state index contributed by atoms with van der Waals surface area (Å²) in [4.78, 5) is 37.8. The summed E-state index contributed by atoms with van der Waals surface area (Å²) < 4.78 is 2.63. The molecule has 0 aliphatic rings. The lowest BCUT2D eigenvalue weighted by Crippen LogP contribution is -2.23. The van der Waals surface area contributed by atoms with Crippen LogP contribution in [0.15, 0.2) is 34.2 Å². The largest absolute Gasteiger partial charge is 0.396 e. The fourth-order valence-corrected chi connectivity index (χ4v) is 3.86. The SMILES string of the molecule is Cc1nc(Nc2s[nH]c(=O)c2C(N)=NCC(C)CO)ccc1C(=O)Nc1c(Cl)ccnc1C. The molecule has 1 amide bonds. The Morgan fingerprint density at radius 2 is 2.09 bits per heavy atom. The van der Waals surface area contributed by atoms with E-state index in [9.17, 15) is 9.59 Å². The molecular weight excluding hydrogens is 466 g/mol. The second kappa shape index (κ2) is 10.6. The number of aryl methyl sites for hydroxylation is 2. The number of aromatic amines is 1. The van der Waals surface area contributed by atoms with Crippen molar-refractivity contribution in [2.24, 2.45) is 16.6 Å². The highest BCUT2D eigenvalue weighted by molar-refractivity contribution is 7.10. The third kappa shape index (κ3) is 5.75. The van der Waals surface area contributed by atoms with Crippen LogP contribution < -0.4 is 21.9 Å². The lowest BCUT2D eigenvalue weighted by Gasteiger charge is -2.12. The second-order valence-electron chi connectivity index (χ2n) is 7.41. The molecule has 12 heteroatoms. The minimum Gasteiger partial charge on any atom is -0.396 e. The molecule has 174 valence electrons. The van der Waals surface area contributed by atoms with Gasteiger partial charge in [0, 0.05) is 19.3 Å². The predicted molar refractivity (Wildman–Crippen MR) is 131 cm³/mol. The molecule has 0 saturated carbocycles. The molecule has 0 aliphatic carbocycles. The van der Waals surface area contributed by atoms with E-state index in [4.69, 9.17) is 22.4 Å². The van der Waals surface area contributed by atoms with Gasteiger partial charge >= 0.3 is 0 Å². The van der Waals surface area contributed by atoms with Gasteiger partial charge in [0.05, 0.1) is 27.7 Å².